The Hall–Kier alpha value is -3.16. The van der Waals surface area contributed by atoms with Gasteiger partial charge in [-0.1, -0.05) is 35.4 Å². The number of nitrogens with zero attached hydrogens (tertiary/aromatic N) is 1. The second-order valence-corrected chi connectivity index (χ2v) is 8.32. The number of rotatable bonds is 7. The van der Waals surface area contributed by atoms with E-state index in [4.69, 9.17) is 16.3 Å². The number of halogens is 2. The number of hydrazone groups is 1. The summed E-state index contributed by atoms with van der Waals surface area (Å²) in [4.78, 5) is 24.2. The monoisotopic (exact) mass is 513 g/mol. The molecule has 6 nitrogen and oxygen atoms in total. The Morgan fingerprint density at radius 3 is 2.50 bits per heavy atom. The first kappa shape index (κ1) is 23.5. The van der Waals surface area contributed by atoms with Crippen molar-refractivity contribution in [2.24, 2.45) is 5.10 Å². The third-order valence-corrected chi connectivity index (χ3v) is 5.49. The first-order valence-corrected chi connectivity index (χ1v) is 10.9. The molecule has 32 heavy (non-hydrogen) atoms. The topological polar surface area (TPSA) is 79.8 Å². The third-order valence-electron chi connectivity index (χ3n) is 4.46. The zero-order valence-electron chi connectivity index (χ0n) is 17.5. The molecule has 0 atom stereocenters. The maximum atomic E-state index is 12.1. The third kappa shape index (κ3) is 6.67. The Morgan fingerprint density at radius 1 is 1.06 bits per heavy atom. The van der Waals surface area contributed by atoms with E-state index in [1.807, 2.05) is 32.0 Å². The summed E-state index contributed by atoms with van der Waals surface area (Å²) >= 11 is 9.50. The number of nitrogens with one attached hydrogen (secondary N) is 2. The van der Waals surface area contributed by atoms with Crippen LogP contribution in [0.1, 0.15) is 27.0 Å². The van der Waals surface area contributed by atoms with Crippen LogP contribution in [0.5, 0.6) is 5.75 Å². The largest absolute Gasteiger partial charge is 0.483 e. The number of anilines is 1. The minimum Gasteiger partial charge on any atom is -0.483 e. The summed E-state index contributed by atoms with van der Waals surface area (Å²) in [5.74, 6) is -0.0923. The van der Waals surface area contributed by atoms with Crippen molar-refractivity contribution in [2.75, 3.05) is 11.9 Å². The molecule has 0 bridgehead atoms. The molecule has 0 fully saturated rings. The molecule has 0 unspecified atom stereocenters. The summed E-state index contributed by atoms with van der Waals surface area (Å²) in [6.07, 6.45) is 1.52. The Kier molecular flexibility index (Phi) is 8.03. The highest BCUT2D eigenvalue weighted by atomic mass is 79.9. The van der Waals surface area contributed by atoms with Gasteiger partial charge in [0, 0.05) is 16.3 Å². The Labute approximate surface area is 199 Å². The minimum absolute atomic E-state index is 0.163. The zero-order valence-corrected chi connectivity index (χ0v) is 19.8. The fourth-order valence-corrected chi connectivity index (χ4v) is 3.35. The van der Waals surface area contributed by atoms with E-state index in [0.717, 1.165) is 16.7 Å². The van der Waals surface area contributed by atoms with Crippen LogP contribution in [0.4, 0.5) is 5.69 Å². The number of benzene rings is 3. The molecule has 2 N–H and O–H groups in total. The molecule has 0 aliphatic heterocycles. The normalized spacial score (nSPS) is 10.8. The molecule has 2 amide bonds. The molecule has 164 valence electrons. The molecular formula is C24H21BrClN3O3. The van der Waals surface area contributed by atoms with E-state index in [1.54, 1.807) is 42.5 Å². The highest BCUT2D eigenvalue weighted by molar-refractivity contribution is 9.10. The number of ether oxygens (including phenoxy) is 1. The van der Waals surface area contributed by atoms with Crippen LogP contribution in [0.2, 0.25) is 5.02 Å². The van der Waals surface area contributed by atoms with Crippen molar-refractivity contribution >= 4 is 51.2 Å². The van der Waals surface area contributed by atoms with Gasteiger partial charge in [0.05, 0.1) is 10.7 Å². The quantitative estimate of drug-likeness (QED) is 0.323. The van der Waals surface area contributed by atoms with E-state index in [2.05, 4.69) is 31.8 Å². The predicted octanol–water partition coefficient (Wildman–Crippen LogP) is 5.50. The van der Waals surface area contributed by atoms with Gasteiger partial charge in [0.1, 0.15) is 5.75 Å². The van der Waals surface area contributed by atoms with E-state index in [9.17, 15) is 9.59 Å². The summed E-state index contributed by atoms with van der Waals surface area (Å²) < 4.78 is 6.23. The van der Waals surface area contributed by atoms with Gasteiger partial charge < -0.3 is 10.1 Å². The van der Waals surface area contributed by atoms with Crippen LogP contribution in [-0.4, -0.2) is 24.6 Å². The van der Waals surface area contributed by atoms with Crippen molar-refractivity contribution in [3.8, 4) is 5.75 Å². The smallest absolute Gasteiger partial charge is 0.271 e. The molecule has 0 aliphatic rings. The SMILES string of the molecule is Cc1ccc(C(=O)N/N=C/c2ccc(OCC(=O)Nc3ccc(C)c(Cl)c3)c(Br)c2)cc1. The fraction of sp³-hybridized carbons (Fsp3) is 0.125. The Morgan fingerprint density at radius 2 is 1.81 bits per heavy atom. The minimum atomic E-state index is -0.304. The molecule has 3 aromatic rings. The van der Waals surface area contributed by atoms with Gasteiger partial charge in [0.2, 0.25) is 0 Å². The summed E-state index contributed by atoms with van der Waals surface area (Å²) in [6.45, 7) is 3.68. The van der Waals surface area contributed by atoms with Gasteiger partial charge in [-0.3, -0.25) is 9.59 Å². The lowest BCUT2D eigenvalue weighted by atomic mass is 10.1. The molecule has 3 aromatic carbocycles. The highest BCUT2D eigenvalue weighted by Crippen LogP contribution is 2.26. The fourth-order valence-electron chi connectivity index (χ4n) is 2.66. The maximum absolute atomic E-state index is 12.1. The summed E-state index contributed by atoms with van der Waals surface area (Å²) in [7, 11) is 0. The zero-order chi connectivity index (χ0) is 23.1. The number of amides is 2. The van der Waals surface area contributed by atoms with Crippen molar-refractivity contribution in [1.29, 1.82) is 0 Å². The van der Waals surface area contributed by atoms with Crippen molar-refractivity contribution in [3.63, 3.8) is 0 Å². The lowest BCUT2D eigenvalue weighted by molar-refractivity contribution is -0.118. The van der Waals surface area contributed by atoms with Crippen molar-refractivity contribution in [2.45, 2.75) is 13.8 Å². The van der Waals surface area contributed by atoms with E-state index < -0.39 is 0 Å². The molecule has 0 aliphatic carbocycles. The molecule has 0 radical (unpaired) electrons. The van der Waals surface area contributed by atoms with Crippen molar-refractivity contribution in [1.82, 2.24) is 5.43 Å². The summed E-state index contributed by atoms with van der Waals surface area (Å²) in [5, 5.41) is 7.31. The first-order valence-electron chi connectivity index (χ1n) is 9.70. The van der Waals surface area contributed by atoms with Crippen LogP contribution >= 0.6 is 27.5 Å². The number of hydrogen-bond donors (Lipinski definition) is 2. The van der Waals surface area contributed by atoms with E-state index in [-0.39, 0.29) is 18.4 Å². The van der Waals surface area contributed by atoms with Gasteiger partial charge in [0.25, 0.3) is 11.8 Å². The predicted molar refractivity (Wildman–Crippen MR) is 131 cm³/mol. The number of hydrogen-bond acceptors (Lipinski definition) is 4. The van der Waals surface area contributed by atoms with Gasteiger partial charge in [0.15, 0.2) is 6.61 Å². The number of carbonyl (C=O) groups is 2. The lowest BCUT2D eigenvalue weighted by Crippen LogP contribution is -2.20. The standard InChI is InChI=1S/C24H21BrClN3O3/c1-15-3-7-18(8-4-15)24(31)29-27-13-17-6-10-22(20(25)11-17)32-14-23(30)28-19-9-5-16(2)21(26)12-19/h3-13H,14H2,1-2H3,(H,28,30)(H,29,31)/b27-13+. The van der Waals surface area contributed by atoms with Crippen LogP contribution in [0.3, 0.4) is 0 Å². The van der Waals surface area contributed by atoms with Gasteiger partial charge in [-0.2, -0.15) is 5.10 Å². The Balaban J connectivity index is 1.52. The number of aryl methyl sites for hydroxylation is 2. The molecule has 0 aromatic heterocycles. The molecule has 8 heteroatoms. The van der Waals surface area contributed by atoms with Gasteiger partial charge in [-0.05, 0) is 83.4 Å². The van der Waals surface area contributed by atoms with Crippen molar-refractivity contribution < 1.29 is 14.3 Å². The highest BCUT2D eigenvalue weighted by Gasteiger charge is 2.08. The maximum Gasteiger partial charge on any atom is 0.271 e. The van der Waals surface area contributed by atoms with Crippen LogP contribution in [0, 0.1) is 13.8 Å². The summed E-state index contributed by atoms with van der Waals surface area (Å²) in [5.41, 5.74) is 6.38. The van der Waals surface area contributed by atoms with Gasteiger partial charge >= 0.3 is 0 Å². The molecule has 0 heterocycles. The molecule has 0 saturated carbocycles. The van der Waals surface area contributed by atoms with Crippen LogP contribution in [-0.2, 0) is 4.79 Å². The average Bonchev–Trinajstić information content (AvgIpc) is 2.76. The van der Waals surface area contributed by atoms with Crippen LogP contribution in [0.15, 0.2) is 70.2 Å². The Bertz CT molecular complexity index is 1160. The second-order valence-electron chi connectivity index (χ2n) is 7.06. The van der Waals surface area contributed by atoms with E-state index in [0.29, 0.717) is 26.5 Å². The van der Waals surface area contributed by atoms with Crippen molar-refractivity contribution in [3.05, 3.63) is 92.4 Å². The lowest BCUT2D eigenvalue weighted by Gasteiger charge is -2.10. The van der Waals surface area contributed by atoms with E-state index >= 15 is 0 Å². The summed E-state index contributed by atoms with van der Waals surface area (Å²) in [6, 6.07) is 17.8. The molecular weight excluding hydrogens is 494 g/mol. The number of carbonyl (C=O) groups excluding carboxylic acids is 2. The van der Waals surface area contributed by atoms with Crippen LogP contribution < -0.4 is 15.5 Å². The van der Waals surface area contributed by atoms with Gasteiger partial charge in [-0.15, -0.1) is 0 Å². The molecule has 0 spiro atoms. The van der Waals surface area contributed by atoms with Gasteiger partial charge in [-0.25, -0.2) is 5.43 Å². The second kappa shape index (κ2) is 10.9. The van der Waals surface area contributed by atoms with Crippen LogP contribution in [0.25, 0.3) is 0 Å². The molecule has 0 saturated heterocycles. The first-order chi connectivity index (χ1) is 15.3. The average molecular weight is 515 g/mol. The van der Waals surface area contributed by atoms with E-state index in [1.165, 1.54) is 6.21 Å². The molecule has 3 rings (SSSR count).